The van der Waals surface area contributed by atoms with Gasteiger partial charge >= 0.3 is 5.97 Å². The Hall–Kier alpha value is -1.34. The summed E-state index contributed by atoms with van der Waals surface area (Å²) in [5.41, 5.74) is 1.38. The number of esters is 1. The van der Waals surface area contributed by atoms with Crippen LogP contribution in [0.15, 0.2) is 22.7 Å². The highest BCUT2D eigenvalue weighted by Gasteiger charge is 2.12. The van der Waals surface area contributed by atoms with Crippen LogP contribution in [0.5, 0.6) is 0 Å². The van der Waals surface area contributed by atoms with E-state index in [0.29, 0.717) is 25.0 Å². The van der Waals surface area contributed by atoms with E-state index in [9.17, 15) is 4.79 Å². The maximum Gasteiger partial charge on any atom is 0.338 e. The summed E-state index contributed by atoms with van der Waals surface area (Å²) in [4.78, 5) is 11.6. The van der Waals surface area contributed by atoms with E-state index >= 15 is 0 Å². The lowest BCUT2D eigenvalue weighted by Crippen LogP contribution is -2.08. The van der Waals surface area contributed by atoms with Gasteiger partial charge < -0.3 is 4.74 Å². The molecular formula is C12H12BrNO2. The average molecular weight is 282 g/mol. The maximum absolute atomic E-state index is 11.6. The average Bonchev–Trinajstić information content (AvgIpc) is 2.26. The van der Waals surface area contributed by atoms with Crippen LogP contribution >= 0.6 is 15.9 Å². The lowest BCUT2D eigenvalue weighted by atomic mass is 10.0. The highest BCUT2D eigenvalue weighted by atomic mass is 79.9. The van der Waals surface area contributed by atoms with Gasteiger partial charge in [-0.2, -0.15) is 5.26 Å². The number of nitriles is 1. The number of halogens is 1. The Morgan fingerprint density at radius 3 is 2.94 bits per heavy atom. The zero-order valence-corrected chi connectivity index (χ0v) is 10.6. The fourth-order valence-electron chi connectivity index (χ4n) is 1.37. The number of carbonyl (C=O) groups excluding carboxylic acids is 1. The van der Waals surface area contributed by atoms with E-state index in [1.807, 2.05) is 6.07 Å². The lowest BCUT2D eigenvalue weighted by molar-refractivity contribution is 0.0525. The minimum atomic E-state index is -0.331. The molecule has 1 rings (SSSR count). The Balaban J connectivity index is 2.98. The Labute approximate surface area is 103 Å². The molecule has 0 bridgehead atoms. The molecule has 0 heterocycles. The minimum absolute atomic E-state index is 0.331. The predicted octanol–water partition coefficient (Wildman–Crippen LogP) is 3.08. The van der Waals surface area contributed by atoms with Crippen LogP contribution in [0, 0.1) is 11.3 Å². The molecule has 0 amide bonds. The zero-order valence-electron chi connectivity index (χ0n) is 9.00. The number of rotatable bonds is 4. The Bertz CT molecular complexity index is 424. The summed E-state index contributed by atoms with van der Waals surface area (Å²) in [6, 6.07) is 7.43. The van der Waals surface area contributed by atoms with Crippen LogP contribution in [-0.4, -0.2) is 12.6 Å². The minimum Gasteiger partial charge on any atom is -0.462 e. The first kappa shape index (κ1) is 12.7. The summed E-state index contributed by atoms with van der Waals surface area (Å²) in [5.74, 6) is -0.331. The number of aryl methyl sites for hydroxylation is 1. The van der Waals surface area contributed by atoms with Gasteiger partial charge in [0.25, 0.3) is 0 Å². The molecule has 0 aromatic heterocycles. The van der Waals surface area contributed by atoms with Gasteiger partial charge in [-0.25, -0.2) is 4.79 Å². The lowest BCUT2D eigenvalue weighted by Gasteiger charge is -2.07. The largest absolute Gasteiger partial charge is 0.462 e. The third kappa shape index (κ3) is 3.35. The fraction of sp³-hybridized carbons (Fsp3) is 0.333. The molecule has 0 aliphatic heterocycles. The van der Waals surface area contributed by atoms with Crippen molar-refractivity contribution in [2.45, 2.75) is 19.8 Å². The summed E-state index contributed by atoms with van der Waals surface area (Å²) >= 11 is 3.34. The summed E-state index contributed by atoms with van der Waals surface area (Å²) in [5, 5.41) is 8.55. The van der Waals surface area contributed by atoms with Crippen molar-refractivity contribution in [2.24, 2.45) is 0 Å². The van der Waals surface area contributed by atoms with Crippen molar-refractivity contribution in [1.82, 2.24) is 0 Å². The van der Waals surface area contributed by atoms with E-state index in [1.54, 1.807) is 19.1 Å². The molecule has 0 saturated carbocycles. The smallest absolute Gasteiger partial charge is 0.338 e. The molecular weight excluding hydrogens is 270 g/mol. The van der Waals surface area contributed by atoms with Crippen LogP contribution in [0.1, 0.15) is 29.3 Å². The standard InChI is InChI=1S/C12H12BrNO2/c1-2-16-12(15)11-6-5-10(13)8-9(11)4-3-7-14/h5-6,8H,2-4H2,1H3. The summed E-state index contributed by atoms with van der Waals surface area (Å²) < 4.78 is 5.85. The summed E-state index contributed by atoms with van der Waals surface area (Å²) in [6.07, 6.45) is 0.951. The number of nitrogens with zero attached hydrogens (tertiary/aromatic N) is 1. The first-order valence-electron chi connectivity index (χ1n) is 5.01. The second kappa shape index (κ2) is 6.29. The van der Waals surface area contributed by atoms with Crippen molar-refractivity contribution < 1.29 is 9.53 Å². The van der Waals surface area contributed by atoms with Crippen LogP contribution in [0.3, 0.4) is 0 Å². The number of hydrogen-bond donors (Lipinski definition) is 0. The third-order valence-electron chi connectivity index (χ3n) is 2.07. The van der Waals surface area contributed by atoms with Gasteiger partial charge in [-0.15, -0.1) is 0 Å². The van der Waals surface area contributed by atoms with Crippen molar-refractivity contribution >= 4 is 21.9 Å². The summed E-state index contributed by atoms with van der Waals surface area (Å²) in [7, 11) is 0. The molecule has 16 heavy (non-hydrogen) atoms. The number of benzene rings is 1. The highest BCUT2D eigenvalue weighted by Crippen LogP contribution is 2.19. The van der Waals surface area contributed by atoms with Gasteiger partial charge in [0, 0.05) is 10.9 Å². The first-order valence-corrected chi connectivity index (χ1v) is 5.80. The van der Waals surface area contributed by atoms with Crippen LogP contribution in [-0.2, 0) is 11.2 Å². The van der Waals surface area contributed by atoms with E-state index < -0.39 is 0 Å². The monoisotopic (exact) mass is 281 g/mol. The van der Waals surface area contributed by atoms with Crippen molar-refractivity contribution in [1.29, 1.82) is 5.26 Å². The number of carbonyl (C=O) groups is 1. The molecule has 4 heteroatoms. The van der Waals surface area contributed by atoms with Gasteiger partial charge in [0.15, 0.2) is 0 Å². The fourth-order valence-corrected chi connectivity index (χ4v) is 1.78. The van der Waals surface area contributed by atoms with Crippen molar-refractivity contribution in [2.75, 3.05) is 6.61 Å². The van der Waals surface area contributed by atoms with Crippen LogP contribution < -0.4 is 0 Å². The maximum atomic E-state index is 11.6. The SMILES string of the molecule is CCOC(=O)c1ccc(Br)cc1CCC#N. The van der Waals surface area contributed by atoms with Gasteiger partial charge in [0.1, 0.15) is 0 Å². The van der Waals surface area contributed by atoms with Crippen molar-refractivity contribution in [3.8, 4) is 6.07 Å². The Morgan fingerprint density at radius 2 is 2.31 bits per heavy atom. The van der Waals surface area contributed by atoms with Crippen molar-refractivity contribution in [3.05, 3.63) is 33.8 Å². The molecule has 0 aliphatic carbocycles. The molecule has 84 valence electrons. The molecule has 0 unspecified atom stereocenters. The molecule has 1 aromatic carbocycles. The number of hydrogen-bond acceptors (Lipinski definition) is 3. The van der Waals surface area contributed by atoms with Gasteiger partial charge in [-0.05, 0) is 37.1 Å². The number of ether oxygens (including phenoxy) is 1. The molecule has 0 radical (unpaired) electrons. The van der Waals surface area contributed by atoms with E-state index in [4.69, 9.17) is 10.00 Å². The molecule has 0 N–H and O–H groups in total. The first-order chi connectivity index (χ1) is 7.69. The normalized spacial score (nSPS) is 9.56. The molecule has 3 nitrogen and oxygen atoms in total. The van der Waals surface area contributed by atoms with Gasteiger partial charge in [0.05, 0.1) is 18.2 Å². The zero-order chi connectivity index (χ0) is 12.0. The van der Waals surface area contributed by atoms with E-state index in [2.05, 4.69) is 22.0 Å². The molecule has 0 saturated heterocycles. The van der Waals surface area contributed by atoms with Crippen molar-refractivity contribution in [3.63, 3.8) is 0 Å². The van der Waals surface area contributed by atoms with Crippen LogP contribution in [0.2, 0.25) is 0 Å². The predicted molar refractivity (Wildman–Crippen MR) is 64.0 cm³/mol. The van der Waals surface area contributed by atoms with E-state index in [0.717, 1.165) is 10.0 Å². The third-order valence-corrected chi connectivity index (χ3v) is 2.56. The van der Waals surface area contributed by atoms with E-state index in [-0.39, 0.29) is 5.97 Å². The van der Waals surface area contributed by atoms with E-state index in [1.165, 1.54) is 0 Å². The molecule has 1 aromatic rings. The van der Waals surface area contributed by atoms with Crippen LogP contribution in [0.4, 0.5) is 0 Å². The van der Waals surface area contributed by atoms with Gasteiger partial charge in [-0.3, -0.25) is 0 Å². The molecule has 0 fully saturated rings. The second-order valence-electron chi connectivity index (χ2n) is 3.18. The quantitative estimate of drug-likeness (QED) is 0.797. The Morgan fingerprint density at radius 1 is 1.56 bits per heavy atom. The van der Waals surface area contributed by atoms with Gasteiger partial charge in [0.2, 0.25) is 0 Å². The summed E-state index contributed by atoms with van der Waals surface area (Å²) in [6.45, 7) is 2.12. The topological polar surface area (TPSA) is 50.1 Å². The Kier molecular flexibility index (Phi) is 5.00. The molecule has 0 aliphatic rings. The molecule has 0 atom stereocenters. The molecule has 0 spiro atoms. The van der Waals surface area contributed by atoms with Gasteiger partial charge in [-0.1, -0.05) is 15.9 Å². The van der Waals surface area contributed by atoms with Crippen LogP contribution in [0.25, 0.3) is 0 Å². The second-order valence-corrected chi connectivity index (χ2v) is 4.10. The highest BCUT2D eigenvalue weighted by molar-refractivity contribution is 9.10.